The molecule has 82 valence electrons. The number of Topliss-reactive ketones (excluding diaryl/α,β-unsaturated/α-hetero) is 1. The van der Waals surface area contributed by atoms with E-state index in [0.717, 1.165) is 31.2 Å². The van der Waals surface area contributed by atoms with Crippen LogP contribution in [-0.4, -0.2) is 48.5 Å². The fourth-order valence-corrected chi connectivity index (χ4v) is 2.21. The number of carbonyl (C=O) groups is 1. The highest BCUT2D eigenvalue weighted by Gasteiger charge is 2.17. The molecule has 0 unspecified atom stereocenters. The van der Waals surface area contributed by atoms with E-state index >= 15 is 0 Å². The van der Waals surface area contributed by atoms with Crippen molar-refractivity contribution in [2.45, 2.75) is 6.92 Å². The van der Waals surface area contributed by atoms with Gasteiger partial charge >= 0.3 is 0 Å². The molecule has 0 aliphatic carbocycles. The number of nitrogens with zero attached hydrogens (tertiary/aromatic N) is 2. The SMILES string of the molecule is Cc1cnc(C(=O)CN2CCOCC2)s1. The van der Waals surface area contributed by atoms with Crippen molar-refractivity contribution in [3.05, 3.63) is 16.1 Å². The Morgan fingerprint density at radius 3 is 2.93 bits per heavy atom. The molecular weight excluding hydrogens is 212 g/mol. The van der Waals surface area contributed by atoms with Crippen molar-refractivity contribution >= 4 is 17.1 Å². The van der Waals surface area contributed by atoms with Gasteiger partial charge in [0.1, 0.15) is 0 Å². The lowest BCUT2D eigenvalue weighted by Gasteiger charge is -2.25. The van der Waals surface area contributed by atoms with Crippen LogP contribution in [0.1, 0.15) is 14.7 Å². The minimum absolute atomic E-state index is 0.120. The number of hydrogen-bond donors (Lipinski definition) is 0. The monoisotopic (exact) mass is 226 g/mol. The van der Waals surface area contributed by atoms with Crippen molar-refractivity contribution in [2.75, 3.05) is 32.8 Å². The predicted molar refractivity (Wildman–Crippen MR) is 58.4 cm³/mol. The predicted octanol–water partition coefficient (Wildman–Crippen LogP) is 0.966. The van der Waals surface area contributed by atoms with Crippen molar-refractivity contribution < 1.29 is 9.53 Å². The first-order chi connectivity index (χ1) is 7.25. The summed E-state index contributed by atoms with van der Waals surface area (Å²) in [6.45, 7) is 5.57. The van der Waals surface area contributed by atoms with Gasteiger partial charge in [0.2, 0.25) is 5.78 Å². The summed E-state index contributed by atoms with van der Waals surface area (Å²) in [5, 5.41) is 0.624. The van der Waals surface area contributed by atoms with Crippen molar-refractivity contribution in [2.24, 2.45) is 0 Å². The second-order valence-electron chi connectivity index (χ2n) is 3.59. The topological polar surface area (TPSA) is 42.4 Å². The number of rotatable bonds is 3. The molecule has 2 rings (SSSR count). The van der Waals surface area contributed by atoms with Crippen LogP contribution in [0.15, 0.2) is 6.20 Å². The first-order valence-electron chi connectivity index (χ1n) is 5.01. The van der Waals surface area contributed by atoms with E-state index in [4.69, 9.17) is 4.74 Å². The molecule has 1 aromatic heterocycles. The molecule has 1 saturated heterocycles. The summed E-state index contributed by atoms with van der Waals surface area (Å²) in [6, 6.07) is 0. The quantitative estimate of drug-likeness (QED) is 0.720. The Bertz CT molecular complexity index is 345. The van der Waals surface area contributed by atoms with Crippen molar-refractivity contribution in [3.8, 4) is 0 Å². The lowest BCUT2D eigenvalue weighted by Crippen LogP contribution is -2.39. The van der Waals surface area contributed by atoms with Gasteiger partial charge in [0, 0.05) is 24.2 Å². The van der Waals surface area contributed by atoms with E-state index in [-0.39, 0.29) is 5.78 Å². The minimum Gasteiger partial charge on any atom is -0.379 e. The van der Waals surface area contributed by atoms with Crippen LogP contribution in [0.4, 0.5) is 0 Å². The largest absolute Gasteiger partial charge is 0.379 e. The average Bonchev–Trinajstić information content (AvgIpc) is 2.66. The van der Waals surface area contributed by atoms with Crippen LogP contribution in [0, 0.1) is 6.92 Å². The van der Waals surface area contributed by atoms with Gasteiger partial charge in [0.15, 0.2) is 5.01 Å². The summed E-state index contributed by atoms with van der Waals surface area (Å²) in [5.41, 5.74) is 0. The van der Waals surface area contributed by atoms with Crippen LogP contribution in [0.5, 0.6) is 0 Å². The molecule has 0 spiro atoms. The van der Waals surface area contributed by atoms with E-state index in [0.29, 0.717) is 11.6 Å². The van der Waals surface area contributed by atoms with E-state index in [1.807, 2.05) is 6.92 Å². The lowest BCUT2D eigenvalue weighted by molar-refractivity contribution is 0.0371. The molecule has 1 fully saturated rings. The fourth-order valence-electron chi connectivity index (χ4n) is 1.51. The zero-order valence-electron chi connectivity index (χ0n) is 8.73. The second-order valence-corrected chi connectivity index (χ2v) is 4.82. The third-order valence-electron chi connectivity index (χ3n) is 2.33. The molecule has 0 radical (unpaired) electrons. The molecule has 0 N–H and O–H groups in total. The summed E-state index contributed by atoms with van der Waals surface area (Å²) in [4.78, 5) is 19.1. The maximum atomic E-state index is 11.8. The summed E-state index contributed by atoms with van der Waals surface area (Å²) in [7, 11) is 0. The van der Waals surface area contributed by atoms with Gasteiger partial charge in [-0.1, -0.05) is 0 Å². The number of ketones is 1. The van der Waals surface area contributed by atoms with Crippen molar-refractivity contribution in [1.29, 1.82) is 0 Å². The van der Waals surface area contributed by atoms with Gasteiger partial charge in [-0.25, -0.2) is 4.98 Å². The Labute approximate surface area is 92.9 Å². The van der Waals surface area contributed by atoms with Gasteiger partial charge in [-0.15, -0.1) is 11.3 Å². The van der Waals surface area contributed by atoms with Gasteiger partial charge in [0.25, 0.3) is 0 Å². The number of carbonyl (C=O) groups excluding carboxylic acids is 1. The number of thiazole rings is 1. The molecule has 0 atom stereocenters. The van der Waals surface area contributed by atoms with Crippen LogP contribution in [0.3, 0.4) is 0 Å². The normalized spacial score (nSPS) is 17.9. The third-order valence-corrected chi connectivity index (χ3v) is 3.28. The van der Waals surface area contributed by atoms with E-state index in [1.54, 1.807) is 6.20 Å². The Balaban J connectivity index is 1.91. The zero-order chi connectivity index (χ0) is 10.7. The number of aryl methyl sites for hydroxylation is 1. The van der Waals surface area contributed by atoms with Gasteiger partial charge in [-0.2, -0.15) is 0 Å². The van der Waals surface area contributed by atoms with Gasteiger partial charge in [0.05, 0.1) is 19.8 Å². The molecule has 0 aromatic carbocycles. The lowest BCUT2D eigenvalue weighted by atomic mass is 10.3. The second kappa shape index (κ2) is 4.83. The van der Waals surface area contributed by atoms with Gasteiger partial charge in [-0.3, -0.25) is 9.69 Å². The van der Waals surface area contributed by atoms with Crippen molar-refractivity contribution in [1.82, 2.24) is 9.88 Å². The first kappa shape index (κ1) is 10.7. The molecule has 15 heavy (non-hydrogen) atoms. The summed E-state index contributed by atoms with van der Waals surface area (Å²) < 4.78 is 5.23. The molecule has 0 amide bonds. The Kier molecular flexibility index (Phi) is 3.45. The van der Waals surface area contributed by atoms with Crippen molar-refractivity contribution in [3.63, 3.8) is 0 Å². The first-order valence-corrected chi connectivity index (χ1v) is 5.83. The van der Waals surface area contributed by atoms with E-state index in [1.165, 1.54) is 11.3 Å². The number of morpholine rings is 1. The standard InChI is InChI=1S/C10H14N2O2S/c1-8-6-11-10(15-8)9(13)7-12-2-4-14-5-3-12/h6H,2-5,7H2,1H3. The average molecular weight is 226 g/mol. The number of aromatic nitrogens is 1. The number of hydrogen-bond acceptors (Lipinski definition) is 5. The highest BCUT2D eigenvalue weighted by atomic mass is 32.1. The molecule has 4 nitrogen and oxygen atoms in total. The molecule has 1 aromatic rings. The van der Waals surface area contributed by atoms with Gasteiger partial charge < -0.3 is 4.74 Å². The van der Waals surface area contributed by atoms with Crippen LogP contribution < -0.4 is 0 Å². The molecule has 1 aliphatic heterocycles. The number of ether oxygens (including phenoxy) is 1. The van der Waals surface area contributed by atoms with Crippen LogP contribution in [0.2, 0.25) is 0 Å². The molecular formula is C10H14N2O2S. The Hall–Kier alpha value is -0.780. The molecule has 1 aliphatic rings. The summed E-state index contributed by atoms with van der Waals surface area (Å²) >= 11 is 1.47. The maximum absolute atomic E-state index is 11.8. The van der Waals surface area contributed by atoms with Crippen LogP contribution >= 0.6 is 11.3 Å². The molecule has 0 saturated carbocycles. The zero-order valence-corrected chi connectivity index (χ0v) is 9.55. The Morgan fingerprint density at radius 2 is 2.33 bits per heavy atom. The van der Waals surface area contributed by atoms with E-state index in [9.17, 15) is 4.79 Å². The molecule has 0 bridgehead atoms. The minimum atomic E-state index is 0.120. The molecule has 5 heteroatoms. The third kappa shape index (κ3) is 2.84. The Morgan fingerprint density at radius 1 is 1.60 bits per heavy atom. The summed E-state index contributed by atoms with van der Waals surface area (Å²) in [5.74, 6) is 0.120. The van der Waals surface area contributed by atoms with Crippen LogP contribution in [-0.2, 0) is 4.74 Å². The summed E-state index contributed by atoms with van der Waals surface area (Å²) in [6.07, 6.45) is 1.75. The van der Waals surface area contributed by atoms with Gasteiger partial charge in [-0.05, 0) is 6.92 Å². The van der Waals surface area contributed by atoms with E-state index < -0.39 is 0 Å². The highest BCUT2D eigenvalue weighted by molar-refractivity contribution is 7.13. The molecule has 2 heterocycles. The highest BCUT2D eigenvalue weighted by Crippen LogP contribution is 2.12. The maximum Gasteiger partial charge on any atom is 0.205 e. The van der Waals surface area contributed by atoms with E-state index in [2.05, 4.69) is 9.88 Å². The fraction of sp³-hybridized carbons (Fsp3) is 0.600. The smallest absolute Gasteiger partial charge is 0.205 e. The van der Waals surface area contributed by atoms with Crippen LogP contribution in [0.25, 0.3) is 0 Å².